The van der Waals surface area contributed by atoms with Gasteiger partial charge in [0.2, 0.25) is 11.8 Å². The lowest BCUT2D eigenvalue weighted by atomic mass is 10.0. The largest absolute Gasteiger partial charge is 0.341 e. The van der Waals surface area contributed by atoms with Crippen molar-refractivity contribution in [1.82, 2.24) is 19.8 Å². The standard InChI is InChI=1S/C25H33N5O2/c1-18-21-11-12-22(31)30(14-7-10-19-8-5-4-6-9-19)25(21)27-24(26-18)20-13-15-29(16-20)23(32)17-28(2)3/h4-6,8-9,20H,7,10-17H2,1-3H3/t20-/m1/s1. The second-order valence-electron chi connectivity index (χ2n) is 9.17. The number of anilines is 1. The van der Waals surface area contributed by atoms with E-state index >= 15 is 0 Å². The Balaban J connectivity index is 1.49. The van der Waals surface area contributed by atoms with E-state index in [0.717, 1.165) is 48.7 Å². The monoisotopic (exact) mass is 435 g/mol. The zero-order valence-corrected chi connectivity index (χ0v) is 19.4. The van der Waals surface area contributed by atoms with Crippen LogP contribution in [0.1, 0.15) is 47.8 Å². The molecule has 4 rings (SSSR count). The summed E-state index contributed by atoms with van der Waals surface area (Å²) in [7, 11) is 3.82. The van der Waals surface area contributed by atoms with Gasteiger partial charge in [0.05, 0.1) is 6.54 Å². The van der Waals surface area contributed by atoms with Crippen molar-refractivity contribution in [3.05, 3.63) is 53.0 Å². The number of likely N-dealkylation sites (N-methyl/N-ethyl adjacent to an activating group) is 1. The second kappa shape index (κ2) is 9.77. The van der Waals surface area contributed by atoms with E-state index in [9.17, 15) is 9.59 Å². The summed E-state index contributed by atoms with van der Waals surface area (Å²) < 4.78 is 0. The van der Waals surface area contributed by atoms with Crippen LogP contribution >= 0.6 is 0 Å². The van der Waals surface area contributed by atoms with Crippen LogP contribution in [0.3, 0.4) is 0 Å². The van der Waals surface area contributed by atoms with E-state index in [1.807, 2.05) is 53.9 Å². The summed E-state index contributed by atoms with van der Waals surface area (Å²) >= 11 is 0. The lowest BCUT2D eigenvalue weighted by Gasteiger charge is -2.30. The summed E-state index contributed by atoms with van der Waals surface area (Å²) in [5.41, 5.74) is 3.33. The average molecular weight is 436 g/mol. The number of hydrogen-bond acceptors (Lipinski definition) is 5. The summed E-state index contributed by atoms with van der Waals surface area (Å²) in [5.74, 6) is 1.96. The number of aryl methyl sites for hydroxylation is 2. The fraction of sp³-hybridized carbons (Fsp3) is 0.520. The number of benzene rings is 1. The smallest absolute Gasteiger partial charge is 0.236 e. The molecule has 1 aromatic carbocycles. The van der Waals surface area contributed by atoms with Crippen LogP contribution in [0.4, 0.5) is 5.82 Å². The molecule has 0 radical (unpaired) electrons. The SMILES string of the molecule is Cc1nc([C@@H]2CCN(C(=O)CN(C)C)C2)nc2c1CCC(=O)N2CCCc1ccccc1. The van der Waals surface area contributed by atoms with E-state index in [1.54, 1.807) is 0 Å². The van der Waals surface area contributed by atoms with Crippen LogP contribution in [-0.2, 0) is 22.4 Å². The fourth-order valence-corrected chi connectivity index (χ4v) is 4.67. The van der Waals surface area contributed by atoms with Crippen LogP contribution in [0.25, 0.3) is 0 Å². The summed E-state index contributed by atoms with van der Waals surface area (Å²) in [6, 6.07) is 10.4. The lowest BCUT2D eigenvalue weighted by molar-refractivity contribution is -0.130. The van der Waals surface area contributed by atoms with Gasteiger partial charge in [0.1, 0.15) is 11.6 Å². The molecule has 0 saturated carbocycles. The van der Waals surface area contributed by atoms with Gasteiger partial charge < -0.3 is 9.80 Å². The Labute approximate surface area is 190 Å². The van der Waals surface area contributed by atoms with E-state index in [-0.39, 0.29) is 17.7 Å². The molecule has 3 heterocycles. The summed E-state index contributed by atoms with van der Waals surface area (Å²) in [5, 5.41) is 0. The first-order valence-corrected chi connectivity index (χ1v) is 11.6. The molecule has 1 aromatic heterocycles. The van der Waals surface area contributed by atoms with E-state index in [1.165, 1.54) is 5.56 Å². The van der Waals surface area contributed by atoms with Crippen molar-refractivity contribution in [2.75, 3.05) is 45.2 Å². The lowest BCUT2D eigenvalue weighted by Crippen LogP contribution is -2.38. The van der Waals surface area contributed by atoms with Crippen LogP contribution in [0.2, 0.25) is 0 Å². The number of fused-ring (bicyclic) bond motifs is 1. The number of aromatic nitrogens is 2. The van der Waals surface area contributed by atoms with E-state index in [2.05, 4.69) is 12.1 Å². The van der Waals surface area contributed by atoms with Crippen LogP contribution in [0.15, 0.2) is 30.3 Å². The third-order valence-electron chi connectivity index (χ3n) is 6.40. The van der Waals surface area contributed by atoms with Gasteiger partial charge >= 0.3 is 0 Å². The number of amides is 2. The molecule has 1 atom stereocenters. The molecule has 2 aliphatic rings. The molecule has 1 saturated heterocycles. The minimum absolute atomic E-state index is 0.119. The highest BCUT2D eigenvalue weighted by Gasteiger charge is 2.33. The Bertz CT molecular complexity index is 976. The number of carbonyl (C=O) groups is 2. The summed E-state index contributed by atoms with van der Waals surface area (Å²) in [6.45, 7) is 4.48. The molecule has 1 fully saturated rings. The molecule has 0 spiro atoms. The molecule has 2 aromatic rings. The first-order valence-electron chi connectivity index (χ1n) is 11.6. The maximum atomic E-state index is 12.8. The van der Waals surface area contributed by atoms with E-state index in [4.69, 9.17) is 9.97 Å². The molecule has 0 N–H and O–H groups in total. The molecule has 0 unspecified atom stereocenters. The minimum Gasteiger partial charge on any atom is -0.341 e. The third kappa shape index (κ3) is 4.99. The molecular weight excluding hydrogens is 402 g/mol. The maximum absolute atomic E-state index is 12.8. The molecule has 170 valence electrons. The Morgan fingerprint density at radius 2 is 1.94 bits per heavy atom. The highest BCUT2D eigenvalue weighted by molar-refractivity contribution is 5.95. The van der Waals surface area contributed by atoms with Gasteiger partial charge in [-0.15, -0.1) is 0 Å². The highest BCUT2D eigenvalue weighted by atomic mass is 16.2. The van der Waals surface area contributed by atoms with Gasteiger partial charge in [0.15, 0.2) is 0 Å². The second-order valence-corrected chi connectivity index (χ2v) is 9.17. The van der Waals surface area contributed by atoms with Gasteiger partial charge in [-0.25, -0.2) is 9.97 Å². The topological polar surface area (TPSA) is 69.6 Å². The van der Waals surface area contributed by atoms with Gasteiger partial charge in [0, 0.05) is 43.2 Å². The first kappa shape index (κ1) is 22.4. The van der Waals surface area contributed by atoms with Gasteiger partial charge in [-0.2, -0.15) is 0 Å². The Kier molecular flexibility index (Phi) is 6.84. The molecule has 7 nitrogen and oxygen atoms in total. The molecule has 2 aliphatic heterocycles. The molecule has 0 aliphatic carbocycles. The highest BCUT2D eigenvalue weighted by Crippen LogP contribution is 2.32. The Hall–Kier alpha value is -2.80. The molecule has 0 bridgehead atoms. The molecule has 7 heteroatoms. The van der Waals surface area contributed by atoms with Crippen LogP contribution < -0.4 is 4.90 Å². The minimum atomic E-state index is 0.119. The van der Waals surface area contributed by atoms with Crippen LogP contribution in [-0.4, -0.2) is 71.9 Å². The zero-order valence-electron chi connectivity index (χ0n) is 19.4. The Morgan fingerprint density at radius 3 is 2.69 bits per heavy atom. The maximum Gasteiger partial charge on any atom is 0.236 e. The predicted molar refractivity (Wildman–Crippen MR) is 125 cm³/mol. The van der Waals surface area contributed by atoms with Crippen molar-refractivity contribution in [2.24, 2.45) is 0 Å². The number of hydrogen-bond donors (Lipinski definition) is 0. The van der Waals surface area contributed by atoms with Crippen molar-refractivity contribution in [2.45, 2.75) is 44.9 Å². The van der Waals surface area contributed by atoms with Crippen LogP contribution in [0, 0.1) is 6.92 Å². The van der Waals surface area contributed by atoms with Crippen molar-refractivity contribution in [3.63, 3.8) is 0 Å². The van der Waals surface area contributed by atoms with Crippen molar-refractivity contribution >= 4 is 17.6 Å². The fourth-order valence-electron chi connectivity index (χ4n) is 4.67. The van der Waals surface area contributed by atoms with E-state index in [0.29, 0.717) is 32.5 Å². The van der Waals surface area contributed by atoms with Gasteiger partial charge in [-0.3, -0.25) is 14.5 Å². The van der Waals surface area contributed by atoms with Crippen LogP contribution in [0.5, 0.6) is 0 Å². The number of likely N-dealkylation sites (tertiary alicyclic amines) is 1. The number of nitrogens with zero attached hydrogens (tertiary/aromatic N) is 5. The van der Waals surface area contributed by atoms with Crippen molar-refractivity contribution < 1.29 is 9.59 Å². The number of carbonyl (C=O) groups excluding carboxylic acids is 2. The number of rotatable bonds is 7. The Morgan fingerprint density at radius 1 is 1.16 bits per heavy atom. The third-order valence-corrected chi connectivity index (χ3v) is 6.40. The quantitative estimate of drug-likeness (QED) is 0.669. The van der Waals surface area contributed by atoms with Gasteiger partial charge in [-0.05, 0) is 52.3 Å². The molecule has 2 amide bonds. The normalized spacial score (nSPS) is 18.4. The zero-order chi connectivity index (χ0) is 22.7. The first-order chi connectivity index (χ1) is 15.4. The van der Waals surface area contributed by atoms with E-state index < -0.39 is 0 Å². The van der Waals surface area contributed by atoms with Gasteiger partial charge in [0.25, 0.3) is 0 Å². The summed E-state index contributed by atoms with van der Waals surface area (Å²) in [4.78, 5) is 40.6. The predicted octanol–water partition coefficient (Wildman–Crippen LogP) is 2.57. The molecule has 32 heavy (non-hydrogen) atoms. The van der Waals surface area contributed by atoms with Gasteiger partial charge in [-0.1, -0.05) is 30.3 Å². The summed E-state index contributed by atoms with van der Waals surface area (Å²) in [6.07, 6.45) is 3.90. The molecular formula is C25H33N5O2. The van der Waals surface area contributed by atoms with Crippen molar-refractivity contribution in [1.29, 1.82) is 0 Å². The average Bonchev–Trinajstić information content (AvgIpc) is 3.26. The van der Waals surface area contributed by atoms with Crippen molar-refractivity contribution in [3.8, 4) is 0 Å².